The van der Waals surface area contributed by atoms with Crippen LogP contribution in [-0.4, -0.2) is 33.2 Å². The number of thiazole rings is 1. The number of hydrogen-bond donors (Lipinski definition) is 2. The molecule has 0 bridgehead atoms. The number of aromatic nitrogens is 4. The fraction of sp³-hybridized carbons (Fsp3) is 0.100. The Labute approximate surface area is 169 Å². The Morgan fingerprint density at radius 2 is 1.90 bits per heavy atom. The molecule has 9 heteroatoms. The minimum Gasteiger partial charge on any atom is -0.496 e. The molecule has 0 fully saturated rings. The number of anilines is 1. The first kappa shape index (κ1) is 18.8. The third-order valence-electron chi connectivity index (χ3n) is 4.17. The van der Waals surface area contributed by atoms with E-state index in [0.717, 1.165) is 11.1 Å². The first-order chi connectivity index (χ1) is 14.0. The number of aryl methyl sites for hydroxylation is 1. The SMILES string of the molecule is COc1ccccc1-c1nc(NC(=O)c2sc(-c3ccc(F)cc3)nc2C)n[nH]1. The summed E-state index contributed by atoms with van der Waals surface area (Å²) in [6.07, 6.45) is 0. The number of rotatable bonds is 5. The van der Waals surface area contributed by atoms with Crippen molar-refractivity contribution in [1.82, 2.24) is 20.2 Å². The lowest BCUT2D eigenvalue weighted by Crippen LogP contribution is -2.12. The molecule has 2 aromatic heterocycles. The highest BCUT2D eigenvalue weighted by molar-refractivity contribution is 7.17. The fourth-order valence-corrected chi connectivity index (χ4v) is 3.73. The number of nitrogens with one attached hydrogen (secondary N) is 2. The van der Waals surface area contributed by atoms with E-state index in [-0.39, 0.29) is 17.7 Å². The standard InChI is InChI=1S/C20H16FN5O2S/c1-11-16(29-19(22-11)12-7-9-13(21)10-8-12)18(27)24-20-23-17(25-26-20)14-5-3-4-6-15(14)28-2/h3-10H,1-2H3,(H2,23,24,25,26,27). The van der Waals surface area contributed by atoms with Gasteiger partial charge in [-0.05, 0) is 43.3 Å². The molecule has 0 saturated carbocycles. The molecule has 146 valence electrons. The van der Waals surface area contributed by atoms with Crippen molar-refractivity contribution in [2.24, 2.45) is 0 Å². The van der Waals surface area contributed by atoms with Crippen LogP contribution in [-0.2, 0) is 0 Å². The van der Waals surface area contributed by atoms with Gasteiger partial charge in [0.2, 0.25) is 5.95 Å². The van der Waals surface area contributed by atoms with Gasteiger partial charge in [-0.2, -0.15) is 4.98 Å². The molecular weight excluding hydrogens is 393 g/mol. The molecule has 0 radical (unpaired) electrons. The fourth-order valence-electron chi connectivity index (χ4n) is 2.76. The van der Waals surface area contributed by atoms with E-state index in [4.69, 9.17) is 4.74 Å². The first-order valence-electron chi connectivity index (χ1n) is 8.65. The van der Waals surface area contributed by atoms with Crippen LogP contribution in [0.3, 0.4) is 0 Å². The van der Waals surface area contributed by atoms with E-state index < -0.39 is 0 Å². The highest BCUT2D eigenvalue weighted by atomic mass is 32.1. The summed E-state index contributed by atoms with van der Waals surface area (Å²) in [7, 11) is 1.57. The van der Waals surface area contributed by atoms with Crippen LogP contribution in [0.2, 0.25) is 0 Å². The van der Waals surface area contributed by atoms with Gasteiger partial charge in [-0.3, -0.25) is 15.2 Å². The van der Waals surface area contributed by atoms with E-state index in [9.17, 15) is 9.18 Å². The van der Waals surface area contributed by atoms with Gasteiger partial charge in [0.05, 0.1) is 18.4 Å². The lowest BCUT2D eigenvalue weighted by Gasteiger charge is -2.04. The van der Waals surface area contributed by atoms with Crippen molar-refractivity contribution in [2.45, 2.75) is 6.92 Å². The number of amides is 1. The zero-order chi connectivity index (χ0) is 20.4. The Morgan fingerprint density at radius 1 is 1.14 bits per heavy atom. The van der Waals surface area contributed by atoms with Crippen LogP contribution < -0.4 is 10.1 Å². The van der Waals surface area contributed by atoms with E-state index >= 15 is 0 Å². The number of methoxy groups -OCH3 is 1. The molecule has 0 aliphatic carbocycles. The summed E-state index contributed by atoms with van der Waals surface area (Å²) >= 11 is 1.22. The summed E-state index contributed by atoms with van der Waals surface area (Å²) < 4.78 is 18.4. The van der Waals surface area contributed by atoms with E-state index in [2.05, 4.69) is 25.5 Å². The van der Waals surface area contributed by atoms with Crippen LogP contribution in [0.5, 0.6) is 5.75 Å². The monoisotopic (exact) mass is 409 g/mol. The first-order valence-corrected chi connectivity index (χ1v) is 9.47. The number of H-pyrrole nitrogens is 1. The molecule has 0 saturated heterocycles. The van der Waals surface area contributed by atoms with Crippen molar-refractivity contribution < 1.29 is 13.9 Å². The van der Waals surface area contributed by atoms with E-state index in [0.29, 0.717) is 27.2 Å². The van der Waals surface area contributed by atoms with Crippen LogP contribution in [0.15, 0.2) is 48.5 Å². The molecule has 0 aliphatic heterocycles. The van der Waals surface area contributed by atoms with Gasteiger partial charge in [-0.25, -0.2) is 9.37 Å². The Balaban J connectivity index is 1.55. The predicted octanol–water partition coefficient (Wildman–Crippen LogP) is 4.30. The number of ether oxygens (including phenoxy) is 1. The molecular formula is C20H16FN5O2S. The minimum absolute atomic E-state index is 0.145. The summed E-state index contributed by atoms with van der Waals surface area (Å²) in [6, 6.07) is 13.3. The van der Waals surface area contributed by atoms with Gasteiger partial charge in [-0.15, -0.1) is 16.4 Å². The summed E-state index contributed by atoms with van der Waals surface area (Å²) in [4.78, 5) is 21.9. The van der Waals surface area contributed by atoms with Crippen LogP contribution in [0.1, 0.15) is 15.4 Å². The van der Waals surface area contributed by atoms with Gasteiger partial charge >= 0.3 is 0 Å². The largest absolute Gasteiger partial charge is 0.496 e. The van der Waals surface area contributed by atoms with Crippen LogP contribution in [0, 0.1) is 12.7 Å². The van der Waals surface area contributed by atoms with Gasteiger partial charge in [0, 0.05) is 5.56 Å². The highest BCUT2D eigenvalue weighted by Gasteiger charge is 2.19. The molecule has 0 aliphatic rings. The molecule has 4 rings (SSSR count). The predicted molar refractivity (Wildman–Crippen MR) is 109 cm³/mol. The molecule has 1 amide bonds. The lowest BCUT2D eigenvalue weighted by molar-refractivity contribution is 0.102. The molecule has 7 nitrogen and oxygen atoms in total. The Morgan fingerprint density at radius 3 is 2.66 bits per heavy atom. The van der Waals surface area contributed by atoms with Crippen LogP contribution in [0.4, 0.5) is 10.3 Å². The average Bonchev–Trinajstić information content (AvgIpc) is 3.35. The van der Waals surface area contributed by atoms with Crippen molar-refractivity contribution in [3.05, 3.63) is 64.9 Å². The molecule has 0 unspecified atom stereocenters. The number of aromatic amines is 1. The van der Waals surface area contributed by atoms with Crippen molar-refractivity contribution in [3.8, 4) is 27.7 Å². The van der Waals surface area contributed by atoms with Crippen LogP contribution in [0.25, 0.3) is 22.0 Å². The molecule has 2 heterocycles. The molecule has 2 N–H and O–H groups in total. The molecule has 4 aromatic rings. The topological polar surface area (TPSA) is 92.8 Å². The Hall–Kier alpha value is -3.59. The smallest absolute Gasteiger partial charge is 0.270 e. The zero-order valence-electron chi connectivity index (χ0n) is 15.6. The molecule has 0 atom stereocenters. The van der Waals surface area contributed by atoms with Gasteiger partial charge in [0.1, 0.15) is 21.5 Å². The van der Waals surface area contributed by atoms with Gasteiger partial charge < -0.3 is 4.74 Å². The number of benzene rings is 2. The van der Waals surface area contributed by atoms with Gasteiger partial charge in [0.25, 0.3) is 5.91 Å². The van der Waals surface area contributed by atoms with Gasteiger partial charge in [-0.1, -0.05) is 12.1 Å². The van der Waals surface area contributed by atoms with Crippen LogP contribution >= 0.6 is 11.3 Å². The Kier molecular flexibility index (Phi) is 5.05. The number of carbonyl (C=O) groups is 1. The van der Waals surface area contributed by atoms with Crippen molar-refractivity contribution in [3.63, 3.8) is 0 Å². The second kappa shape index (κ2) is 7.80. The number of carbonyl (C=O) groups excluding carboxylic acids is 1. The summed E-state index contributed by atoms with van der Waals surface area (Å²) in [6.45, 7) is 1.75. The normalized spacial score (nSPS) is 10.7. The second-order valence-electron chi connectivity index (χ2n) is 6.10. The third-order valence-corrected chi connectivity index (χ3v) is 5.37. The number of halogens is 1. The zero-order valence-corrected chi connectivity index (χ0v) is 16.4. The third kappa shape index (κ3) is 3.85. The van der Waals surface area contributed by atoms with Crippen molar-refractivity contribution in [1.29, 1.82) is 0 Å². The number of nitrogens with zero attached hydrogens (tertiary/aromatic N) is 3. The molecule has 0 spiro atoms. The minimum atomic E-state index is -0.362. The van der Waals surface area contributed by atoms with E-state index in [1.807, 2.05) is 24.3 Å². The highest BCUT2D eigenvalue weighted by Crippen LogP contribution is 2.29. The summed E-state index contributed by atoms with van der Waals surface area (Å²) in [5.74, 6) is 0.580. The van der Waals surface area contributed by atoms with Crippen molar-refractivity contribution >= 4 is 23.2 Å². The quantitative estimate of drug-likeness (QED) is 0.513. The number of para-hydroxylation sites is 1. The van der Waals surface area contributed by atoms with E-state index in [1.165, 1.54) is 23.5 Å². The lowest BCUT2D eigenvalue weighted by atomic mass is 10.2. The maximum absolute atomic E-state index is 13.1. The summed E-state index contributed by atoms with van der Waals surface area (Å²) in [5, 5.41) is 10.2. The Bertz CT molecular complexity index is 1170. The second-order valence-corrected chi connectivity index (χ2v) is 7.10. The number of hydrogen-bond acceptors (Lipinski definition) is 6. The molecule has 29 heavy (non-hydrogen) atoms. The van der Waals surface area contributed by atoms with E-state index in [1.54, 1.807) is 26.2 Å². The maximum atomic E-state index is 13.1. The average molecular weight is 409 g/mol. The summed E-state index contributed by atoms with van der Waals surface area (Å²) in [5.41, 5.74) is 2.05. The molecule has 2 aromatic carbocycles. The van der Waals surface area contributed by atoms with Crippen molar-refractivity contribution in [2.75, 3.05) is 12.4 Å². The van der Waals surface area contributed by atoms with Gasteiger partial charge in [0.15, 0.2) is 5.82 Å². The maximum Gasteiger partial charge on any atom is 0.270 e.